The third-order valence-corrected chi connectivity index (χ3v) is 6.10. The molecule has 1 fully saturated rings. The minimum atomic E-state index is -3.50. The van der Waals surface area contributed by atoms with E-state index in [1.54, 1.807) is 12.1 Å². The van der Waals surface area contributed by atoms with Crippen LogP contribution in [0.15, 0.2) is 35.2 Å². The van der Waals surface area contributed by atoms with Gasteiger partial charge in [-0.05, 0) is 43.9 Å². The first-order valence-electron chi connectivity index (χ1n) is 9.41. The average Bonchev–Trinajstić information content (AvgIpc) is 3.20. The van der Waals surface area contributed by atoms with Crippen molar-refractivity contribution in [3.05, 3.63) is 41.7 Å². The maximum absolute atomic E-state index is 12.4. The molecule has 1 aliphatic rings. The summed E-state index contributed by atoms with van der Waals surface area (Å²) in [5.74, 6) is 2.36. The van der Waals surface area contributed by atoms with Crippen LogP contribution in [0.25, 0.3) is 0 Å². The van der Waals surface area contributed by atoms with E-state index in [2.05, 4.69) is 24.9 Å². The molecule has 2 N–H and O–H groups in total. The zero-order valence-corrected chi connectivity index (χ0v) is 16.7. The second kappa shape index (κ2) is 8.67. The van der Waals surface area contributed by atoms with Crippen molar-refractivity contribution in [2.24, 2.45) is 0 Å². The van der Waals surface area contributed by atoms with Gasteiger partial charge in [-0.15, -0.1) is 0 Å². The molecule has 1 aromatic carbocycles. The Labute approximate surface area is 161 Å². The molecule has 8 heteroatoms. The number of rotatable bonds is 8. The van der Waals surface area contributed by atoms with Crippen LogP contribution in [0.2, 0.25) is 0 Å². The Morgan fingerprint density at radius 1 is 1.07 bits per heavy atom. The molecule has 0 bridgehead atoms. The van der Waals surface area contributed by atoms with E-state index in [9.17, 15) is 8.42 Å². The van der Waals surface area contributed by atoms with E-state index in [1.165, 1.54) is 12.8 Å². The van der Waals surface area contributed by atoms with Gasteiger partial charge in [0.25, 0.3) is 0 Å². The third-order valence-electron chi connectivity index (χ3n) is 4.62. The number of anilines is 2. The molecule has 0 aliphatic carbocycles. The van der Waals surface area contributed by atoms with Crippen LogP contribution in [0, 0.1) is 6.92 Å². The van der Waals surface area contributed by atoms with E-state index in [0.29, 0.717) is 12.4 Å². The highest BCUT2D eigenvalue weighted by molar-refractivity contribution is 7.89. The lowest BCUT2D eigenvalue weighted by Crippen LogP contribution is -2.29. The van der Waals surface area contributed by atoms with Crippen molar-refractivity contribution in [2.75, 3.05) is 36.4 Å². The maximum Gasteiger partial charge on any atom is 0.240 e. The Hall–Kier alpha value is -2.19. The predicted octanol–water partition coefficient (Wildman–Crippen LogP) is 2.34. The Kier molecular flexibility index (Phi) is 6.28. The van der Waals surface area contributed by atoms with E-state index in [0.717, 1.165) is 36.7 Å². The topological polar surface area (TPSA) is 87.2 Å². The van der Waals surface area contributed by atoms with Crippen LogP contribution < -0.4 is 14.9 Å². The van der Waals surface area contributed by atoms with Gasteiger partial charge in [0.15, 0.2) is 0 Å². The van der Waals surface area contributed by atoms with Crippen LogP contribution in [0.5, 0.6) is 0 Å². The number of sulfonamides is 1. The van der Waals surface area contributed by atoms with Crippen LogP contribution in [0.3, 0.4) is 0 Å². The highest BCUT2D eigenvalue weighted by Gasteiger charge is 2.15. The van der Waals surface area contributed by atoms with Crippen molar-refractivity contribution < 1.29 is 8.42 Å². The Morgan fingerprint density at radius 3 is 2.44 bits per heavy atom. The van der Waals surface area contributed by atoms with Gasteiger partial charge in [0, 0.05) is 32.2 Å². The molecule has 0 atom stereocenters. The highest BCUT2D eigenvalue weighted by Crippen LogP contribution is 2.20. The van der Waals surface area contributed by atoms with Crippen molar-refractivity contribution >= 4 is 21.7 Å². The van der Waals surface area contributed by atoms with Gasteiger partial charge in [0.05, 0.1) is 4.90 Å². The summed E-state index contributed by atoms with van der Waals surface area (Å²) in [6, 6.07) is 8.90. The van der Waals surface area contributed by atoms with Gasteiger partial charge in [0.2, 0.25) is 10.0 Å². The lowest BCUT2D eigenvalue weighted by atomic mass is 10.2. The molecule has 0 unspecified atom stereocenters. The first-order valence-corrected chi connectivity index (χ1v) is 10.9. The normalized spacial score (nSPS) is 14.5. The molecule has 1 saturated heterocycles. The number of nitrogens with zero attached hydrogens (tertiary/aromatic N) is 3. The Balaban J connectivity index is 1.54. The number of nitrogens with one attached hydrogen (secondary N) is 2. The molecule has 146 valence electrons. The second-order valence-corrected chi connectivity index (χ2v) is 8.44. The number of benzene rings is 1. The van der Waals surface area contributed by atoms with Crippen molar-refractivity contribution in [2.45, 2.75) is 38.0 Å². The minimum absolute atomic E-state index is 0.278. The molecule has 0 spiro atoms. The van der Waals surface area contributed by atoms with E-state index < -0.39 is 10.0 Å². The number of aromatic nitrogens is 2. The fraction of sp³-hybridized carbons (Fsp3) is 0.474. The van der Waals surface area contributed by atoms with E-state index >= 15 is 0 Å². The van der Waals surface area contributed by atoms with E-state index in [-0.39, 0.29) is 11.4 Å². The lowest BCUT2D eigenvalue weighted by molar-refractivity contribution is 0.583. The number of aryl methyl sites for hydroxylation is 2. The average molecular weight is 390 g/mol. The van der Waals surface area contributed by atoms with Crippen LogP contribution in [0.4, 0.5) is 11.6 Å². The standard InChI is InChI=1S/C19H27N5O2S/c1-3-16-6-8-17(9-7-16)27(25,26)21-11-10-20-18-14-19(23-15(2)22-18)24-12-4-5-13-24/h6-9,14,21H,3-5,10-13H2,1-2H3,(H,20,22,23). The molecule has 0 saturated carbocycles. The van der Waals surface area contributed by atoms with Crippen LogP contribution >= 0.6 is 0 Å². The summed E-state index contributed by atoms with van der Waals surface area (Å²) in [7, 11) is -3.50. The van der Waals surface area contributed by atoms with Crippen molar-refractivity contribution in [3.8, 4) is 0 Å². The lowest BCUT2D eigenvalue weighted by Gasteiger charge is -2.17. The zero-order chi connectivity index (χ0) is 19.3. The summed E-state index contributed by atoms with van der Waals surface area (Å²) in [6.45, 7) is 6.67. The fourth-order valence-electron chi connectivity index (χ4n) is 3.11. The molecule has 1 aromatic heterocycles. The van der Waals surface area contributed by atoms with Gasteiger partial charge in [0.1, 0.15) is 17.5 Å². The molecule has 3 rings (SSSR count). The van der Waals surface area contributed by atoms with Gasteiger partial charge < -0.3 is 10.2 Å². The monoisotopic (exact) mass is 389 g/mol. The summed E-state index contributed by atoms with van der Waals surface area (Å²) in [6.07, 6.45) is 3.26. The first-order chi connectivity index (χ1) is 13.0. The summed E-state index contributed by atoms with van der Waals surface area (Å²) in [5.41, 5.74) is 1.11. The molecular formula is C19H27N5O2S. The molecule has 0 radical (unpaired) electrons. The van der Waals surface area contributed by atoms with Crippen LogP contribution in [-0.4, -0.2) is 44.6 Å². The highest BCUT2D eigenvalue weighted by atomic mass is 32.2. The first kappa shape index (κ1) is 19.6. The van der Waals surface area contributed by atoms with Crippen molar-refractivity contribution in [1.29, 1.82) is 0 Å². The van der Waals surface area contributed by atoms with Crippen LogP contribution in [-0.2, 0) is 16.4 Å². The van der Waals surface area contributed by atoms with Crippen molar-refractivity contribution in [1.82, 2.24) is 14.7 Å². The summed E-state index contributed by atoms with van der Waals surface area (Å²) < 4.78 is 27.3. The van der Waals surface area contributed by atoms with Crippen LogP contribution in [0.1, 0.15) is 31.2 Å². The Bertz CT molecular complexity index is 862. The molecule has 7 nitrogen and oxygen atoms in total. The second-order valence-electron chi connectivity index (χ2n) is 6.67. The molecule has 1 aliphatic heterocycles. The SMILES string of the molecule is CCc1ccc(S(=O)(=O)NCCNc2cc(N3CCCC3)nc(C)n2)cc1. The van der Waals surface area contributed by atoms with Gasteiger partial charge >= 0.3 is 0 Å². The number of hydrogen-bond donors (Lipinski definition) is 2. The third kappa shape index (κ3) is 5.17. The fourth-order valence-corrected chi connectivity index (χ4v) is 4.15. The van der Waals surface area contributed by atoms with Gasteiger partial charge in [-0.25, -0.2) is 23.1 Å². The van der Waals surface area contributed by atoms with Crippen molar-refractivity contribution in [3.63, 3.8) is 0 Å². The quantitative estimate of drug-likeness (QED) is 0.674. The number of hydrogen-bond acceptors (Lipinski definition) is 6. The van der Waals surface area contributed by atoms with Gasteiger partial charge in [-0.3, -0.25) is 0 Å². The molecule has 0 amide bonds. The molecule has 2 aromatic rings. The maximum atomic E-state index is 12.4. The smallest absolute Gasteiger partial charge is 0.240 e. The molecule has 2 heterocycles. The van der Waals surface area contributed by atoms with Gasteiger partial charge in [-0.1, -0.05) is 19.1 Å². The van der Waals surface area contributed by atoms with E-state index in [1.807, 2.05) is 32.0 Å². The Morgan fingerprint density at radius 2 is 1.78 bits per heavy atom. The van der Waals surface area contributed by atoms with E-state index in [4.69, 9.17) is 0 Å². The molecular weight excluding hydrogens is 362 g/mol. The zero-order valence-electron chi connectivity index (χ0n) is 15.9. The predicted molar refractivity (Wildman–Crippen MR) is 108 cm³/mol. The van der Waals surface area contributed by atoms with Gasteiger partial charge in [-0.2, -0.15) is 0 Å². The largest absolute Gasteiger partial charge is 0.369 e. The molecule has 27 heavy (non-hydrogen) atoms. The summed E-state index contributed by atoms with van der Waals surface area (Å²) >= 11 is 0. The minimum Gasteiger partial charge on any atom is -0.369 e. The summed E-state index contributed by atoms with van der Waals surface area (Å²) in [5, 5.41) is 3.19. The summed E-state index contributed by atoms with van der Waals surface area (Å²) in [4.78, 5) is 11.4.